The van der Waals surface area contributed by atoms with Crippen molar-refractivity contribution in [2.75, 3.05) is 19.6 Å². The van der Waals surface area contributed by atoms with Crippen LogP contribution in [0.5, 0.6) is 0 Å². The molecule has 7 nitrogen and oxygen atoms in total. The molecular weight excluding hydrogens is 260 g/mol. The van der Waals surface area contributed by atoms with Crippen LogP contribution in [0.15, 0.2) is 12.5 Å². The first-order valence-electron chi connectivity index (χ1n) is 6.65. The Morgan fingerprint density at radius 2 is 2.25 bits per heavy atom. The van der Waals surface area contributed by atoms with Gasteiger partial charge in [-0.2, -0.15) is 0 Å². The van der Waals surface area contributed by atoms with Gasteiger partial charge in [0.15, 0.2) is 5.69 Å². The fourth-order valence-electron chi connectivity index (χ4n) is 2.28. The van der Waals surface area contributed by atoms with Crippen LogP contribution in [-0.2, 0) is 6.54 Å². The number of carboxylic acids is 1. The van der Waals surface area contributed by atoms with Gasteiger partial charge in [-0.05, 0) is 11.8 Å². The molecule has 0 spiro atoms. The second-order valence-corrected chi connectivity index (χ2v) is 5.87. The molecule has 0 unspecified atom stereocenters. The second-order valence-electron chi connectivity index (χ2n) is 5.87. The van der Waals surface area contributed by atoms with E-state index in [0.717, 1.165) is 19.5 Å². The average Bonchev–Trinajstić information content (AvgIpc) is 2.95. The number of urea groups is 1. The van der Waals surface area contributed by atoms with Gasteiger partial charge in [0, 0.05) is 32.4 Å². The number of likely N-dealkylation sites (tertiary alicyclic amines) is 1. The fourth-order valence-corrected chi connectivity index (χ4v) is 2.28. The number of hydrogen-bond donors (Lipinski definition) is 2. The molecule has 1 fully saturated rings. The van der Waals surface area contributed by atoms with Crippen molar-refractivity contribution in [1.82, 2.24) is 19.8 Å². The normalized spacial score (nSPS) is 17.2. The Hall–Kier alpha value is -2.05. The average molecular weight is 280 g/mol. The van der Waals surface area contributed by atoms with Gasteiger partial charge in [0.2, 0.25) is 0 Å². The summed E-state index contributed by atoms with van der Waals surface area (Å²) in [6.07, 6.45) is 3.92. The molecular formula is C13H20N4O3. The van der Waals surface area contributed by atoms with E-state index in [1.807, 2.05) is 4.90 Å². The largest absolute Gasteiger partial charge is 0.476 e. The smallest absolute Gasteiger partial charge is 0.356 e. The van der Waals surface area contributed by atoms with E-state index in [1.54, 1.807) is 4.57 Å². The van der Waals surface area contributed by atoms with Gasteiger partial charge in [0.05, 0.1) is 6.33 Å². The number of carboxylic acid groups (broad SMARTS) is 1. The number of rotatable bonds is 4. The number of carbonyl (C=O) groups is 2. The highest BCUT2D eigenvalue weighted by Gasteiger charge is 2.31. The molecule has 0 saturated carbocycles. The van der Waals surface area contributed by atoms with E-state index in [9.17, 15) is 9.59 Å². The van der Waals surface area contributed by atoms with Crippen LogP contribution in [-0.4, -0.2) is 51.2 Å². The number of aromatic nitrogens is 2. The van der Waals surface area contributed by atoms with Gasteiger partial charge in [-0.25, -0.2) is 14.6 Å². The molecule has 0 bridgehead atoms. The van der Waals surface area contributed by atoms with Crippen molar-refractivity contribution in [3.63, 3.8) is 0 Å². The van der Waals surface area contributed by atoms with Gasteiger partial charge in [-0.15, -0.1) is 0 Å². The van der Waals surface area contributed by atoms with Crippen LogP contribution in [0.4, 0.5) is 4.79 Å². The van der Waals surface area contributed by atoms with Gasteiger partial charge < -0.3 is 19.9 Å². The molecule has 2 amide bonds. The van der Waals surface area contributed by atoms with Crippen LogP contribution in [0.25, 0.3) is 0 Å². The van der Waals surface area contributed by atoms with Crippen LogP contribution < -0.4 is 5.32 Å². The minimum absolute atomic E-state index is 0.0117. The van der Waals surface area contributed by atoms with Gasteiger partial charge >= 0.3 is 12.0 Å². The summed E-state index contributed by atoms with van der Waals surface area (Å²) in [5, 5.41) is 11.6. The number of carbonyl (C=O) groups excluding carboxylic acids is 1. The predicted octanol–water partition coefficient (Wildman–Crippen LogP) is 1.02. The number of hydrogen-bond acceptors (Lipinski definition) is 3. The molecule has 1 aliphatic heterocycles. The number of aromatic carboxylic acids is 1. The summed E-state index contributed by atoms with van der Waals surface area (Å²) < 4.78 is 1.65. The van der Waals surface area contributed by atoms with E-state index in [-0.39, 0.29) is 17.1 Å². The molecule has 1 saturated heterocycles. The predicted molar refractivity (Wildman–Crippen MR) is 72.6 cm³/mol. The quantitative estimate of drug-likeness (QED) is 0.862. The Kier molecular flexibility index (Phi) is 3.96. The SMILES string of the molecule is CC1(C)CCN(C(=O)NCCn2cnc(C(=O)O)c2)C1. The van der Waals surface area contributed by atoms with Crippen molar-refractivity contribution in [3.05, 3.63) is 18.2 Å². The Morgan fingerprint density at radius 3 is 2.80 bits per heavy atom. The maximum atomic E-state index is 11.9. The molecule has 1 aromatic rings. The van der Waals surface area contributed by atoms with E-state index in [1.165, 1.54) is 12.5 Å². The van der Waals surface area contributed by atoms with Crippen molar-refractivity contribution in [2.24, 2.45) is 5.41 Å². The number of nitrogens with zero attached hydrogens (tertiary/aromatic N) is 3. The molecule has 0 atom stereocenters. The van der Waals surface area contributed by atoms with Crippen molar-refractivity contribution >= 4 is 12.0 Å². The Bertz CT molecular complexity index is 509. The summed E-state index contributed by atoms with van der Waals surface area (Å²) in [5.74, 6) is -1.05. The molecule has 1 aliphatic rings. The Labute approximate surface area is 117 Å². The van der Waals surface area contributed by atoms with Gasteiger partial charge in [0.25, 0.3) is 0 Å². The lowest BCUT2D eigenvalue weighted by molar-refractivity contribution is 0.0691. The van der Waals surface area contributed by atoms with Gasteiger partial charge in [-0.3, -0.25) is 0 Å². The zero-order valence-corrected chi connectivity index (χ0v) is 11.8. The number of amides is 2. The summed E-state index contributed by atoms with van der Waals surface area (Å²) in [4.78, 5) is 28.2. The molecule has 20 heavy (non-hydrogen) atoms. The van der Waals surface area contributed by atoms with Gasteiger partial charge in [0.1, 0.15) is 0 Å². The lowest BCUT2D eigenvalue weighted by Gasteiger charge is -2.20. The van der Waals surface area contributed by atoms with Crippen LogP contribution in [0.3, 0.4) is 0 Å². The summed E-state index contributed by atoms with van der Waals surface area (Å²) in [7, 11) is 0. The maximum absolute atomic E-state index is 11.9. The van der Waals surface area contributed by atoms with Crippen LogP contribution in [0, 0.1) is 5.41 Å². The zero-order chi connectivity index (χ0) is 14.8. The lowest BCUT2D eigenvalue weighted by atomic mass is 9.93. The summed E-state index contributed by atoms with van der Waals surface area (Å²) in [5.41, 5.74) is 0.204. The highest BCUT2D eigenvalue weighted by molar-refractivity contribution is 5.84. The summed E-state index contributed by atoms with van der Waals surface area (Å²) in [6, 6.07) is -0.0610. The standard InChI is InChI=1S/C13H20N4O3/c1-13(2)3-5-17(8-13)12(20)14-4-6-16-7-10(11(18)19)15-9-16/h7,9H,3-6,8H2,1-2H3,(H,14,20)(H,18,19). The highest BCUT2D eigenvalue weighted by atomic mass is 16.4. The fraction of sp³-hybridized carbons (Fsp3) is 0.615. The summed E-state index contributed by atoms with van der Waals surface area (Å²) >= 11 is 0. The van der Waals surface area contributed by atoms with E-state index in [0.29, 0.717) is 13.1 Å². The third kappa shape index (κ3) is 3.49. The third-order valence-electron chi connectivity index (χ3n) is 3.46. The van der Waals surface area contributed by atoms with Crippen LogP contribution >= 0.6 is 0 Å². The highest BCUT2D eigenvalue weighted by Crippen LogP contribution is 2.28. The first-order chi connectivity index (χ1) is 9.37. The van der Waals surface area contributed by atoms with E-state index in [4.69, 9.17) is 5.11 Å². The van der Waals surface area contributed by atoms with E-state index < -0.39 is 5.97 Å². The Morgan fingerprint density at radius 1 is 1.50 bits per heavy atom. The van der Waals surface area contributed by atoms with Gasteiger partial charge in [-0.1, -0.05) is 13.8 Å². The first kappa shape index (κ1) is 14.4. The van der Waals surface area contributed by atoms with Crippen LogP contribution in [0.1, 0.15) is 30.8 Å². The van der Waals surface area contributed by atoms with E-state index >= 15 is 0 Å². The van der Waals surface area contributed by atoms with Crippen LogP contribution in [0.2, 0.25) is 0 Å². The molecule has 2 rings (SSSR count). The maximum Gasteiger partial charge on any atom is 0.356 e. The van der Waals surface area contributed by atoms with Crippen molar-refractivity contribution in [2.45, 2.75) is 26.8 Å². The van der Waals surface area contributed by atoms with E-state index in [2.05, 4.69) is 24.1 Å². The lowest BCUT2D eigenvalue weighted by Crippen LogP contribution is -2.40. The zero-order valence-electron chi connectivity index (χ0n) is 11.8. The molecule has 2 N–H and O–H groups in total. The Balaban J connectivity index is 1.75. The van der Waals surface area contributed by atoms with Crippen molar-refractivity contribution < 1.29 is 14.7 Å². The third-order valence-corrected chi connectivity index (χ3v) is 3.46. The monoisotopic (exact) mass is 280 g/mol. The molecule has 0 aromatic carbocycles. The molecule has 7 heteroatoms. The molecule has 0 radical (unpaired) electrons. The summed E-state index contributed by atoms with van der Waals surface area (Å²) in [6.45, 7) is 6.81. The number of nitrogens with one attached hydrogen (secondary N) is 1. The minimum atomic E-state index is -1.05. The second kappa shape index (κ2) is 5.52. The topological polar surface area (TPSA) is 87.5 Å². The molecule has 0 aliphatic carbocycles. The molecule has 1 aromatic heterocycles. The molecule has 2 heterocycles. The van der Waals surface area contributed by atoms with Crippen molar-refractivity contribution in [1.29, 1.82) is 0 Å². The molecule has 110 valence electrons. The number of imidazole rings is 1. The first-order valence-corrected chi connectivity index (χ1v) is 6.65. The minimum Gasteiger partial charge on any atom is -0.476 e. The van der Waals surface area contributed by atoms with Crippen molar-refractivity contribution in [3.8, 4) is 0 Å².